The summed E-state index contributed by atoms with van der Waals surface area (Å²) < 4.78 is 69.9. The first-order chi connectivity index (χ1) is 15.1. The maximum absolute atomic E-state index is 13.6. The van der Waals surface area contributed by atoms with E-state index in [1.165, 1.54) is 28.6 Å². The fraction of sp³-hybridized carbons (Fsp3) is 0.333. The van der Waals surface area contributed by atoms with E-state index < -0.39 is 25.7 Å². The van der Waals surface area contributed by atoms with Gasteiger partial charge in [0.2, 0.25) is 21.7 Å². The number of halogens is 1. The molecular formula is C21H22FN3O5S2. The molecule has 2 aromatic carbocycles. The van der Waals surface area contributed by atoms with E-state index in [0.717, 1.165) is 12.3 Å². The minimum absolute atomic E-state index is 0.0261. The second-order valence-electron chi connectivity index (χ2n) is 7.84. The van der Waals surface area contributed by atoms with Crippen LogP contribution in [0.1, 0.15) is 30.2 Å². The van der Waals surface area contributed by atoms with Crippen molar-refractivity contribution in [3.63, 3.8) is 0 Å². The van der Waals surface area contributed by atoms with Crippen LogP contribution in [0.3, 0.4) is 0 Å². The third kappa shape index (κ3) is 4.45. The van der Waals surface area contributed by atoms with Crippen molar-refractivity contribution < 1.29 is 25.7 Å². The number of hydrogen-bond acceptors (Lipinski definition) is 7. The Kier molecular flexibility index (Phi) is 5.91. The highest BCUT2D eigenvalue weighted by Crippen LogP contribution is 2.32. The molecule has 3 aromatic rings. The van der Waals surface area contributed by atoms with E-state index in [4.69, 9.17) is 4.52 Å². The van der Waals surface area contributed by atoms with Gasteiger partial charge in [0.15, 0.2) is 9.84 Å². The fourth-order valence-corrected chi connectivity index (χ4v) is 6.09. The maximum Gasteiger partial charge on any atom is 0.243 e. The number of nitrogens with zero attached hydrogens (tertiary/aromatic N) is 3. The minimum Gasteiger partial charge on any atom is -0.339 e. The molecule has 0 unspecified atom stereocenters. The van der Waals surface area contributed by atoms with E-state index in [1.807, 2.05) is 0 Å². The standard InChI is InChI=1S/C21H22FN3O5S2/c1-14-6-7-17(22)13-19(14)32(28,29)25-10-8-15(9-11-25)21-23-20(24-30-21)16-4-3-5-18(12-16)31(2,26)27/h3-7,12-13,15H,8-11H2,1-2H3. The molecular weight excluding hydrogens is 457 g/mol. The molecule has 0 radical (unpaired) electrons. The van der Waals surface area contributed by atoms with Crippen LogP contribution in [0.15, 0.2) is 56.8 Å². The van der Waals surface area contributed by atoms with Gasteiger partial charge in [-0.05, 0) is 49.6 Å². The van der Waals surface area contributed by atoms with Crippen molar-refractivity contribution in [3.8, 4) is 11.4 Å². The van der Waals surface area contributed by atoms with Gasteiger partial charge in [-0.2, -0.15) is 9.29 Å². The van der Waals surface area contributed by atoms with Crippen molar-refractivity contribution in [2.75, 3.05) is 19.3 Å². The topological polar surface area (TPSA) is 110 Å². The van der Waals surface area contributed by atoms with Crippen LogP contribution in [0.25, 0.3) is 11.4 Å². The molecule has 2 heterocycles. The Morgan fingerprint density at radius 1 is 1.06 bits per heavy atom. The number of sulfone groups is 1. The summed E-state index contributed by atoms with van der Waals surface area (Å²) in [4.78, 5) is 4.54. The Morgan fingerprint density at radius 3 is 2.47 bits per heavy atom. The Morgan fingerprint density at radius 2 is 1.78 bits per heavy atom. The van der Waals surface area contributed by atoms with Gasteiger partial charge >= 0.3 is 0 Å². The summed E-state index contributed by atoms with van der Waals surface area (Å²) >= 11 is 0. The Bertz CT molecular complexity index is 1360. The SMILES string of the molecule is Cc1ccc(F)cc1S(=O)(=O)N1CCC(c2nc(-c3cccc(S(C)(=O)=O)c3)no2)CC1. The molecule has 0 atom stereocenters. The zero-order chi connectivity index (χ0) is 23.1. The van der Waals surface area contributed by atoms with Crippen LogP contribution in [0.4, 0.5) is 4.39 Å². The summed E-state index contributed by atoms with van der Waals surface area (Å²) in [6.07, 6.45) is 2.07. The average Bonchev–Trinajstić information content (AvgIpc) is 3.25. The van der Waals surface area contributed by atoms with Crippen LogP contribution in [-0.2, 0) is 19.9 Å². The largest absolute Gasteiger partial charge is 0.339 e. The molecule has 170 valence electrons. The third-order valence-corrected chi connectivity index (χ3v) is 8.68. The van der Waals surface area contributed by atoms with E-state index in [2.05, 4.69) is 10.1 Å². The zero-order valence-electron chi connectivity index (χ0n) is 17.5. The van der Waals surface area contributed by atoms with Crippen molar-refractivity contribution in [2.45, 2.75) is 35.5 Å². The van der Waals surface area contributed by atoms with Gasteiger partial charge in [0, 0.05) is 30.8 Å². The average molecular weight is 480 g/mol. The molecule has 32 heavy (non-hydrogen) atoms. The highest BCUT2D eigenvalue weighted by Gasteiger charge is 2.33. The van der Waals surface area contributed by atoms with Gasteiger partial charge < -0.3 is 4.52 Å². The van der Waals surface area contributed by atoms with E-state index in [9.17, 15) is 21.2 Å². The molecule has 0 amide bonds. The summed E-state index contributed by atoms with van der Waals surface area (Å²) in [5, 5.41) is 3.97. The lowest BCUT2D eigenvalue weighted by molar-refractivity contribution is 0.270. The van der Waals surface area contributed by atoms with Gasteiger partial charge in [0.1, 0.15) is 5.82 Å². The van der Waals surface area contributed by atoms with Gasteiger partial charge in [0.05, 0.1) is 9.79 Å². The highest BCUT2D eigenvalue weighted by molar-refractivity contribution is 7.90. The molecule has 1 aliphatic rings. The van der Waals surface area contributed by atoms with Crippen LogP contribution in [0.5, 0.6) is 0 Å². The number of piperidine rings is 1. The minimum atomic E-state index is -3.81. The highest BCUT2D eigenvalue weighted by atomic mass is 32.2. The molecule has 0 N–H and O–H groups in total. The fourth-order valence-electron chi connectivity index (χ4n) is 3.72. The smallest absolute Gasteiger partial charge is 0.243 e. The molecule has 1 fully saturated rings. The summed E-state index contributed by atoms with van der Waals surface area (Å²) in [7, 11) is -7.18. The van der Waals surface area contributed by atoms with Crippen LogP contribution < -0.4 is 0 Å². The summed E-state index contributed by atoms with van der Waals surface area (Å²) in [5.41, 5.74) is 1.01. The summed E-state index contributed by atoms with van der Waals surface area (Å²) in [6.45, 7) is 2.12. The molecule has 8 nitrogen and oxygen atoms in total. The van der Waals surface area contributed by atoms with E-state index in [1.54, 1.807) is 19.1 Å². The molecule has 0 bridgehead atoms. The van der Waals surface area contributed by atoms with Crippen molar-refractivity contribution in [1.82, 2.24) is 14.4 Å². The lowest BCUT2D eigenvalue weighted by Crippen LogP contribution is -2.38. The lowest BCUT2D eigenvalue weighted by atomic mass is 9.98. The van der Waals surface area contributed by atoms with Crippen molar-refractivity contribution in [2.24, 2.45) is 0 Å². The van der Waals surface area contributed by atoms with Crippen LogP contribution in [-0.4, -0.2) is 50.6 Å². The van der Waals surface area contributed by atoms with Gasteiger partial charge in [0.25, 0.3) is 0 Å². The molecule has 4 rings (SSSR count). The monoisotopic (exact) mass is 479 g/mol. The van der Waals surface area contributed by atoms with Crippen molar-refractivity contribution in [1.29, 1.82) is 0 Å². The number of aryl methyl sites for hydroxylation is 1. The van der Waals surface area contributed by atoms with Crippen molar-refractivity contribution in [3.05, 3.63) is 59.7 Å². The number of aromatic nitrogens is 2. The van der Waals surface area contributed by atoms with E-state index in [0.29, 0.717) is 29.9 Å². The lowest BCUT2D eigenvalue weighted by Gasteiger charge is -2.30. The van der Waals surface area contributed by atoms with Crippen LogP contribution >= 0.6 is 0 Å². The predicted octanol–water partition coefficient (Wildman–Crippen LogP) is 3.16. The van der Waals surface area contributed by atoms with Crippen LogP contribution in [0, 0.1) is 12.7 Å². The molecule has 0 aliphatic carbocycles. The Labute approximate surface area is 186 Å². The molecule has 0 spiro atoms. The molecule has 1 aliphatic heterocycles. The van der Waals surface area contributed by atoms with Gasteiger partial charge in [-0.25, -0.2) is 21.2 Å². The first-order valence-corrected chi connectivity index (χ1v) is 13.3. The normalized spacial score (nSPS) is 16.3. The number of benzene rings is 2. The second kappa shape index (κ2) is 8.38. The van der Waals surface area contributed by atoms with Gasteiger partial charge in [-0.1, -0.05) is 23.4 Å². The predicted molar refractivity (Wildman–Crippen MR) is 115 cm³/mol. The van der Waals surface area contributed by atoms with Gasteiger partial charge in [-0.3, -0.25) is 0 Å². The first-order valence-electron chi connectivity index (χ1n) is 9.96. The number of hydrogen-bond donors (Lipinski definition) is 0. The molecule has 1 aromatic heterocycles. The molecule has 11 heteroatoms. The Hall–Kier alpha value is -2.63. The summed E-state index contributed by atoms with van der Waals surface area (Å²) in [5.74, 6) is -0.0727. The van der Waals surface area contributed by atoms with E-state index >= 15 is 0 Å². The molecule has 0 saturated carbocycles. The first kappa shape index (κ1) is 22.6. The third-order valence-electron chi connectivity index (χ3n) is 5.53. The van der Waals surface area contributed by atoms with Gasteiger partial charge in [-0.15, -0.1) is 0 Å². The maximum atomic E-state index is 13.6. The molecule has 1 saturated heterocycles. The van der Waals surface area contributed by atoms with Crippen LogP contribution in [0.2, 0.25) is 0 Å². The summed E-state index contributed by atoms with van der Waals surface area (Å²) in [6, 6.07) is 10.0. The number of rotatable bonds is 5. The van der Waals surface area contributed by atoms with Crippen molar-refractivity contribution >= 4 is 19.9 Å². The zero-order valence-corrected chi connectivity index (χ0v) is 19.2. The quantitative estimate of drug-likeness (QED) is 0.553. The van der Waals surface area contributed by atoms with E-state index in [-0.39, 0.29) is 34.6 Å². The second-order valence-corrected chi connectivity index (χ2v) is 11.8. The Balaban J connectivity index is 1.49. The number of sulfonamides is 1.